The van der Waals surface area contributed by atoms with Crippen LogP contribution >= 0.6 is 11.1 Å². The molecule has 0 bridgehead atoms. The fraction of sp³-hybridized carbons (Fsp3) is 0.800. The molecule has 0 fully saturated rings. The molecule has 0 saturated carbocycles. The molecule has 0 heterocycles. The van der Waals surface area contributed by atoms with Crippen molar-refractivity contribution in [2.75, 3.05) is 6.61 Å². The highest BCUT2D eigenvalue weighted by Gasteiger charge is 2.15. The first-order valence-corrected chi connectivity index (χ1v) is 11.7. The molecule has 0 N–H and O–H groups in total. The number of esters is 1. The summed E-state index contributed by atoms with van der Waals surface area (Å²) in [4.78, 5) is 11.0. The summed E-state index contributed by atoms with van der Waals surface area (Å²) in [5, 5.41) is 0. The minimum Gasteiger partial charge on any atom is -0.463 e. The maximum atomic E-state index is 11.0. The Balaban J connectivity index is 3.17. The second kappa shape index (κ2) is 11.5. The monoisotopic (exact) mass is 304 g/mol. The Morgan fingerprint density at radius 2 is 1.58 bits per heavy atom. The van der Waals surface area contributed by atoms with Crippen molar-refractivity contribution >= 4 is 24.4 Å². The average molecular weight is 305 g/mol. The number of unbranched alkanes of at least 4 members (excludes halogenated alkanes) is 6. The van der Waals surface area contributed by atoms with E-state index < -0.39 is 7.38 Å². The summed E-state index contributed by atoms with van der Waals surface area (Å²) < 4.78 is 5.03. The van der Waals surface area contributed by atoms with Crippen LogP contribution in [0.1, 0.15) is 51.9 Å². The molecule has 0 rings (SSSR count). The van der Waals surface area contributed by atoms with E-state index in [-0.39, 0.29) is 5.97 Å². The van der Waals surface area contributed by atoms with E-state index in [9.17, 15) is 4.79 Å². The average Bonchev–Trinajstić information content (AvgIpc) is 2.30. The predicted octanol–water partition coefficient (Wildman–Crippen LogP) is 5.28. The van der Waals surface area contributed by atoms with Crippen molar-refractivity contribution in [2.24, 2.45) is 0 Å². The Kier molecular flexibility index (Phi) is 11.4. The molecule has 0 aliphatic carbocycles. The van der Waals surface area contributed by atoms with Crippen molar-refractivity contribution in [3.05, 3.63) is 12.2 Å². The first-order valence-electron chi connectivity index (χ1n) is 7.44. The fourth-order valence-corrected chi connectivity index (χ4v) is 3.38. The number of carbonyl (C=O) groups is 1. The third-order valence-electron chi connectivity index (χ3n) is 2.96. The number of hydrogen-bond donors (Lipinski definition) is 0. The summed E-state index contributed by atoms with van der Waals surface area (Å²) in [5.41, 5.74) is 0. The summed E-state index contributed by atoms with van der Waals surface area (Å²) in [6.45, 7) is 6.79. The zero-order valence-corrected chi connectivity index (χ0v) is 14.5. The number of hydrogen-bond acceptors (Lipinski definition) is 2. The minimum absolute atomic E-state index is 0.227. The molecule has 0 saturated heterocycles. The van der Waals surface area contributed by atoms with Gasteiger partial charge in [-0.15, -0.1) is 0 Å². The Labute approximate surface area is 124 Å². The lowest BCUT2D eigenvalue weighted by atomic mass is 10.1. The molecule has 0 aromatic carbocycles. The molecular formula is C15H29ClO2Si. The molecule has 19 heavy (non-hydrogen) atoms. The van der Waals surface area contributed by atoms with Gasteiger partial charge < -0.3 is 4.74 Å². The van der Waals surface area contributed by atoms with Crippen molar-refractivity contribution in [1.29, 1.82) is 0 Å². The number of allylic oxidation sites excluding steroid dienone is 1. The molecule has 0 aliphatic rings. The standard InChI is InChI=1S/C15H29ClO2Si/c1-4-12-15(17)18-13-10-8-6-5-7-9-11-14-19(2,3)16/h4,12H,5-11,13-14H2,1-3H3. The van der Waals surface area contributed by atoms with Gasteiger partial charge in [0.2, 0.25) is 0 Å². The third kappa shape index (κ3) is 15.7. The summed E-state index contributed by atoms with van der Waals surface area (Å²) in [5.74, 6) is -0.227. The van der Waals surface area contributed by atoms with Gasteiger partial charge in [-0.25, -0.2) is 4.79 Å². The lowest BCUT2D eigenvalue weighted by molar-refractivity contribution is -0.137. The van der Waals surface area contributed by atoms with Gasteiger partial charge in [-0.1, -0.05) is 57.7 Å². The van der Waals surface area contributed by atoms with E-state index in [2.05, 4.69) is 13.1 Å². The van der Waals surface area contributed by atoms with Gasteiger partial charge in [0, 0.05) is 6.08 Å². The van der Waals surface area contributed by atoms with Gasteiger partial charge in [-0.3, -0.25) is 0 Å². The molecule has 112 valence electrons. The highest BCUT2D eigenvalue weighted by atomic mass is 35.6. The molecule has 0 aliphatic heterocycles. The Morgan fingerprint density at radius 3 is 2.11 bits per heavy atom. The van der Waals surface area contributed by atoms with Crippen molar-refractivity contribution in [3.8, 4) is 0 Å². The number of ether oxygens (including phenoxy) is 1. The van der Waals surface area contributed by atoms with Crippen LogP contribution in [0.15, 0.2) is 12.2 Å². The lowest BCUT2D eigenvalue weighted by Crippen LogP contribution is -2.14. The molecular weight excluding hydrogens is 276 g/mol. The van der Waals surface area contributed by atoms with Gasteiger partial charge in [0.1, 0.15) is 7.38 Å². The van der Waals surface area contributed by atoms with Gasteiger partial charge in [0.05, 0.1) is 6.61 Å². The van der Waals surface area contributed by atoms with Crippen LogP contribution in [-0.4, -0.2) is 20.0 Å². The van der Waals surface area contributed by atoms with Crippen molar-refractivity contribution < 1.29 is 9.53 Å². The maximum absolute atomic E-state index is 11.0. The number of halogens is 1. The third-order valence-corrected chi connectivity index (χ3v) is 5.07. The van der Waals surface area contributed by atoms with Gasteiger partial charge in [-0.05, 0) is 19.4 Å². The van der Waals surface area contributed by atoms with Crippen LogP contribution < -0.4 is 0 Å². The molecule has 0 spiro atoms. The second-order valence-corrected chi connectivity index (χ2v) is 12.6. The van der Waals surface area contributed by atoms with Crippen LogP contribution in [0.3, 0.4) is 0 Å². The number of carbonyl (C=O) groups excluding carboxylic acids is 1. The number of rotatable bonds is 11. The van der Waals surface area contributed by atoms with E-state index in [0.29, 0.717) is 6.61 Å². The van der Waals surface area contributed by atoms with E-state index in [1.54, 1.807) is 6.08 Å². The normalized spacial score (nSPS) is 12.0. The maximum Gasteiger partial charge on any atom is 0.330 e. The smallest absolute Gasteiger partial charge is 0.330 e. The summed E-state index contributed by atoms with van der Waals surface area (Å²) in [6.07, 6.45) is 11.7. The van der Waals surface area contributed by atoms with Crippen molar-refractivity contribution in [3.63, 3.8) is 0 Å². The molecule has 0 radical (unpaired) electrons. The largest absolute Gasteiger partial charge is 0.463 e. The van der Waals surface area contributed by atoms with E-state index in [4.69, 9.17) is 15.8 Å². The molecule has 0 amide bonds. The Hall–Kier alpha value is -0.283. The van der Waals surface area contributed by atoms with Crippen molar-refractivity contribution in [2.45, 2.75) is 71.0 Å². The molecule has 2 nitrogen and oxygen atoms in total. The molecule has 0 unspecified atom stereocenters. The SMILES string of the molecule is CC=CC(=O)OCCCCCCCCC[Si](C)(C)Cl. The highest BCUT2D eigenvalue weighted by molar-refractivity contribution is 7.19. The molecule has 0 aromatic rings. The van der Waals surface area contributed by atoms with E-state index >= 15 is 0 Å². The van der Waals surface area contributed by atoms with E-state index in [0.717, 1.165) is 12.8 Å². The highest BCUT2D eigenvalue weighted by Crippen LogP contribution is 2.19. The van der Waals surface area contributed by atoms with Crippen LogP contribution in [0.4, 0.5) is 0 Å². The summed E-state index contributed by atoms with van der Waals surface area (Å²) in [7, 11) is -1.34. The first kappa shape index (κ1) is 18.7. The van der Waals surface area contributed by atoms with Gasteiger partial charge in [-0.2, -0.15) is 11.1 Å². The fourth-order valence-electron chi connectivity index (χ4n) is 1.89. The summed E-state index contributed by atoms with van der Waals surface area (Å²) in [6, 6.07) is 1.23. The van der Waals surface area contributed by atoms with Crippen LogP contribution in [0.2, 0.25) is 19.1 Å². The van der Waals surface area contributed by atoms with E-state index in [1.165, 1.54) is 44.2 Å². The van der Waals surface area contributed by atoms with Gasteiger partial charge in [0.25, 0.3) is 0 Å². The second-order valence-electron chi connectivity index (χ2n) is 5.61. The van der Waals surface area contributed by atoms with Crippen LogP contribution in [-0.2, 0) is 9.53 Å². The quantitative estimate of drug-likeness (QED) is 0.171. The van der Waals surface area contributed by atoms with Crippen LogP contribution in [0.5, 0.6) is 0 Å². The molecule has 0 atom stereocenters. The van der Waals surface area contributed by atoms with E-state index in [1.807, 2.05) is 6.92 Å². The van der Waals surface area contributed by atoms with Crippen LogP contribution in [0, 0.1) is 0 Å². The van der Waals surface area contributed by atoms with Gasteiger partial charge >= 0.3 is 5.97 Å². The lowest BCUT2D eigenvalue weighted by Gasteiger charge is -2.11. The van der Waals surface area contributed by atoms with Crippen LogP contribution in [0.25, 0.3) is 0 Å². The molecule has 0 aromatic heterocycles. The predicted molar refractivity (Wildman–Crippen MR) is 86.2 cm³/mol. The van der Waals surface area contributed by atoms with Gasteiger partial charge in [0.15, 0.2) is 0 Å². The zero-order chi connectivity index (χ0) is 14.6. The Morgan fingerprint density at radius 1 is 1.05 bits per heavy atom. The zero-order valence-electron chi connectivity index (χ0n) is 12.7. The minimum atomic E-state index is -1.34. The molecule has 4 heteroatoms. The topological polar surface area (TPSA) is 26.3 Å². The Bertz CT molecular complexity index is 259. The first-order chi connectivity index (χ1) is 8.95. The van der Waals surface area contributed by atoms with Crippen molar-refractivity contribution in [1.82, 2.24) is 0 Å². The summed E-state index contributed by atoms with van der Waals surface area (Å²) >= 11 is 6.27.